The Bertz CT molecular complexity index is 204. The standard InChI is InChI=1S/C10H16O2/c1-10(4-5-10)9(11)8-3-2-6-12-7-8/h7,9,11H,2-6H2,1H3. The SMILES string of the molecule is CC1(C(O)C2=COCCC2)CC1. The van der Waals surface area contributed by atoms with E-state index in [9.17, 15) is 5.11 Å². The quantitative estimate of drug-likeness (QED) is 0.681. The van der Waals surface area contributed by atoms with E-state index in [1.165, 1.54) is 0 Å². The van der Waals surface area contributed by atoms with Crippen LogP contribution in [0.5, 0.6) is 0 Å². The van der Waals surface area contributed by atoms with Gasteiger partial charge in [-0.3, -0.25) is 0 Å². The van der Waals surface area contributed by atoms with Crippen molar-refractivity contribution >= 4 is 0 Å². The number of ether oxygens (including phenoxy) is 1. The number of aliphatic hydroxyl groups excluding tert-OH is 1. The summed E-state index contributed by atoms with van der Waals surface area (Å²) in [5, 5.41) is 9.92. The van der Waals surface area contributed by atoms with E-state index in [0.717, 1.165) is 37.9 Å². The van der Waals surface area contributed by atoms with Gasteiger partial charge in [0, 0.05) is 0 Å². The summed E-state index contributed by atoms with van der Waals surface area (Å²) in [5.41, 5.74) is 1.27. The molecule has 0 radical (unpaired) electrons. The van der Waals surface area contributed by atoms with Gasteiger partial charge in [0.2, 0.25) is 0 Å². The second-order valence-electron chi connectivity index (χ2n) is 4.22. The van der Waals surface area contributed by atoms with Crippen LogP contribution in [0.2, 0.25) is 0 Å². The van der Waals surface area contributed by atoms with E-state index in [1.807, 2.05) is 0 Å². The third-order valence-electron chi connectivity index (χ3n) is 3.01. The minimum absolute atomic E-state index is 0.173. The van der Waals surface area contributed by atoms with E-state index in [1.54, 1.807) is 6.26 Å². The molecule has 0 aromatic heterocycles. The Balaban J connectivity index is 2.02. The predicted octanol–water partition coefficient (Wildman–Crippen LogP) is 1.84. The zero-order valence-electron chi connectivity index (χ0n) is 7.55. The Hall–Kier alpha value is -0.500. The van der Waals surface area contributed by atoms with E-state index >= 15 is 0 Å². The Morgan fingerprint density at radius 3 is 2.83 bits per heavy atom. The number of rotatable bonds is 2. The van der Waals surface area contributed by atoms with Crippen LogP contribution in [0.4, 0.5) is 0 Å². The van der Waals surface area contributed by atoms with Gasteiger partial charge in [0.1, 0.15) is 0 Å². The van der Waals surface area contributed by atoms with Crippen molar-refractivity contribution in [1.29, 1.82) is 0 Å². The van der Waals surface area contributed by atoms with Crippen molar-refractivity contribution < 1.29 is 9.84 Å². The van der Waals surface area contributed by atoms with Gasteiger partial charge in [-0.1, -0.05) is 6.92 Å². The van der Waals surface area contributed by atoms with Crippen LogP contribution in [-0.2, 0) is 4.74 Å². The minimum Gasteiger partial charge on any atom is -0.501 e. The molecule has 12 heavy (non-hydrogen) atoms. The van der Waals surface area contributed by atoms with Crippen molar-refractivity contribution in [2.75, 3.05) is 6.61 Å². The van der Waals surface area contributed by atoms with Crippen molar-refractivity contribution in [2.45, 2.75) is 38.7 Å². The summed E-state index contributed by atoms with van der Waals surface area (Å²) in [5.74, 6) is 0. The minimum atomic E-state index is -0.252. The van der Waals surface area contributed by atoms with Gasteiger partial charge in [0.25, 0.3) is 0 Å². The van der Waals surface area contributed by atoms with Crippen molar-refractivity contribution in [1.82, 2.24) is 0 Å². The lowest BCUT2D eigenvalue weighted by atomic mass is 9.92. The van der Waals surface area contributed by atoms with Crippen LogP contribution in [0.15, 0.2) is 11.8 Å². The molecule has 68 valence electrons. The van der Waals surface area contributed by atoms with Crippen LogP contribution >= 0.6 is 0 Å². The summed E-state index contributed by atoms with van der Waals surface area (Å²) in [7, 11) is 0. The van der Waals surface area contributed by atoms with Crippen molar-refractivity contribution in [3.05, 3.63) is 11.8 Å². The third kappa shape index (κ3) is 1.36. The number of hydrogen-bond acceptors (Lipinski definition) is 2. The van der Waals surface area contributed by atoms with Crippen LogP contribution in [-0.4, -0.2) is 17.8 Å². The molecule has 0 aromatic carbocycles. The third-order valence-corrected chi connectivity index (χ3v) is 3.01. The van der Waals surface area contributed by atoms with Crippen molar-refractivity contribution in [2.24, 2.45) is 5.41 Å². The molecule has 0 saturated heterocycles. The molecule has 1 unspecified atom stereocenters. The molecule has 0 aromatic rings. The van der Waals surface area contributed by atoms with Gasteiger partial charge in [0.15, 0.2) is 0 Å². The summed E-state index contributed by atoms with van der Waals surface area (Å²) in [6, 6.07) is 0. The molecule has 2 nitrogen and oxygen atoms in total. The normalized spacial score (nSPS) is 28.7. The zero-order valence-corrected chi connectivity index (χ0v) is 7.55. The topological polar surface area (TPSA) is 29.5 Å². The zero-order chi connectivity index (χ0) is 8.60. The number of hydrogen-bond donors (Lipinski definition) is 1. The van der Waals surface area contributed by atoms with Gasteiger partial charge >= 0.3 is 0 Å². The number of aliphatic hydroxyl groups is 1. The molecule has 2 aliphatic rings. The van der Waals surface area contributed by atoms with Crippen LogP contribution in [0.3, 0.4) is 0 Å². The summed E-state index contributed by atoms with van der Waals surface area (Å²) >= 11 is 0. The lowest BCUT2D eigenvalue weighted by Gasteiger charge is -2.23. The van der Waals surface area contributed by atoms with Crippen LogP contribution in [0.1, 0.15) is 32.6 Å². The maximum Gasteiger partial charge on any atom is 0.0876 e. The van der Waals surface area contributed by atoms with Gasteiger partial charge in [0.05, 0.1) is 19.0 Å². The highest BCUT2D eigenvalue weighted by molar-refractivity contribution is 5.15. The van der Waals surface area contributed by atoms with Gasteiger partial charge in [-0.15, -0.1) is 0 Å². The van der Waals surface area contributed by atoms with Crippen LogP contribution in [0, 0.1) is 5.41 Å². The monoisotopic (exact) mass is 168 g/mol. The fourth-order valence-electron chi connectivity index (χ4n) is 1.70. The van der Waals surface area contributed by atoms with Gasteiger partial charge in [-0.2, -0.15) is 0 Å². The molecule has 1 fully saturated rings. The first-order valence-corrected chi connectivity index (χ1v) is 4.71. The van der Waals surface area contributed by atoms with Crippen LogP contribution < -0.4 is 0 Å². The molecule has 2 rings (SSSR count). The molecular weight excluding hydrogens is 152 g/mol. The molecule has 0 amide bonds. The van der Waals surface area contributed by atoms with E-state index in [0.29, 0.717) is 0 Å². The summed E-state index contributed by atoms with van der Waals surface area (Å²) in [6.07, 6.45) is 5.89. The van der Waals surface area contributed by atoms with E-state index in [2.05, 4.69) is 6.92 Å². The molecule has 0 bridgehead atoms. The first-order chi connectivity index (χ1) is 5.72. The first kappa shape index (κ1) is 8.11. The Labute approximate surface area is 73.2 Å². The van der Waals surface area contributed by atoms with Crippen molar-refractivity contribution in [3.8, 4) is 0 Å². The lowest BCUT2D eigenvalue weighted by Crippen LogP contribution is -2.23. The summed E-state index contributed by atoms with van der Waals surface area (Å²) < 4.78 is 5.20. The smallest absolute Gasteiger partial charge is 0.0876 e. The highest BCUT2D eigenvalue weighted by Crippen LogP contribution is 2.50. The molecule has 1 N–H and O–H groups in total. The molecule has 1 heterocycles. The molecular formula is C10H16O2. The van der Waals surface area contributed by atoms with Gasteiger partial charge < -0.3 is 9.84 Å². The van der Waals surface area contributed by atoms with Crippen LogP contribution in [0.25, 0.3) is 0 Å². The van der Waals surface area contributed by atoms with E-state index < -0.39 is 0 Å². The molecule has 1 saturated carbocycles. The summed E-state index contributed by atoms with van der Waals surface area (Å²) in [6.45, 7) is 2.96. The van der Waals surface area contributed by atoms with Crippen molar-refractivity contribution in [3.63, 3.8) is 0 Å². The fourth-order valence-corrected chi connectivity index (χ4v) is 1.70. The maximum atomic E-state index is 9.92. The molecule has 1 atom stereocenters. The second kappa shape index (κ2) is 2.77. The molecule has 0 spiro atoms. The highest BCUT2D eigenvalue weighted by Gasteiger charge is 2.45. The van der Waals surface area contributed by atoms with E-state index in [-0.39, 0.29) is 11.5 Å². The highest BCUT2D eigenvalue weighted by atomic mass is 16.5. The van der Waals surface area contributed by atoms with E-state index in [4.69, 9.17) is 4.74 Å². The predicted molar refractivity (Wildman–Crippen MR) is 46.6 cm³/mol. The van der Waals surface area contributed by atoms with Gasteiger partial charge in [-0.25, -0.2) is 0 Å². The largest absolute Gasteiger partial charge is 0.501 e. The Morgan fingerprint density at radius 1 is 1.58 bits per heavy atom. The molecule has 1 aliphatic heterocycles. The second-order valence-corrected chi connectivity index (χ2v) is 4.22. The Morgan fingerprint density at radius 2 is 2.33 bits per heavy atom. The fraction of sp³-hybridized carbons (Fsp3) is 0.800. The Kier molecular flexibility index (Phi) is 1.87. The average Bonchev–Trinajstić information content (AvgIpc) is 2.85. The molecule has 2 heteroatoms. The summed E-state index contributed by atoms with van der Waals surface area (Å²) in [4.78, 5) is 0. The first-order valence-electron chi connectivity index (χ1n) is 4.71. The lowest BCUT2D eigenvalue weighted by molar-refractivity contribution is 0.116. The average molecular weight is 168 g/mol. The van der Waals surface area contributed by atoms with Gasteiger partial charge in [-0.05, 0) is 36.7 Å². The maximum absolute atomic E-state index is 9.92. The molecule has 1 aliphatic carbocycles.